The van der Waals surface area contributed by atoms with E-state index in [1.807, 2.05) is 30.3 Å². The Labute approximate surface area is 160 Å². The molecule has 0 saturated carbocycles. The van der Waals surface area contributed by atoms with E-state index in [2.05, 4.69) is 22.2 Å². The van der Waals surface area contributed by atoms with E-state index in [0.29, 0.717) is 16.4 Å². The molecule has 7 heteroatoms. The van der Waals surface area contributed by atoms with Crippen LogP contribution in [0.2, 0.25) is 5.02 Å². The molecule has 0 aliphatic heterocycles. The van der Waals surface area contributed by atoms with Gasteiger partial charge < -0.3 is 4.52 Å². The maximum absolute atomic E-state index is 12.3. The molecule has 0 spiro atoms. The molecule has 6 nitrogen and oxygen atoms in total. The summed E-state index contributed by atoms with van der Waals surface area (Å²) >= 11 is 6.00. The summed E-state index contributed by atoms with van der Waals surface area (Å²) < 4.78 is 6.88. The second-order valence-electron chi connectivity index (χ2n) is 5.93. The number of hydrogen-bond acceptors (Lipinski definition) is 5. The van der Waals surface area contributed by atoms with Crippen molar-refractivity contribution in [3.8, 4) is 28.7 Å². The largest absolute Gasteiger partial charge is 0.332 e. The van der Waals surface area contributed by atoms with Crippen LogP contribution in [0.5, 0.6) is 0 Å². The van der Waals surface area contributed by atoms with Gasteiger partial charge in [0.15, 0.2) is 5.69 Å². The molecular formula is C20H15ClN4O2. The molecule has 0 bridgehead atoms. The summed E-state index contributed by atoms with van der Waals surface area (Å²) in [5.41, 5.74) is 2.56. The highest BCUT2D eigenvalue weighted by Crippen LogP contribution is 2.22. The molecule has 0 unspecified atom stereocenters. The zero-order chi connectivity index (χ0) is 18.8. The molecule has 0 amide bonds. The van der Waals surface area contributed by atoms with E-state index in [1.54, 1.807) is 29.1 Å². The molecule has 0 aliphatic rings. The molecular weight excluding hydrogens is 364 g/mol. The first-order valence-corrected chi connectivity index (χ1v) is 8.81. The zero-order valence-corrected chi connectivity index (χ0v) is 15.2. The minimum absolute atomic E-state index is 0.0644. The van der Waals surface area contributed by atoms with Crippen LogP contribution in [0.15, 0.2) is 70.1 Å². The van der Waals surface area contributed by atoms with Gasteiger partial charge in [-0.15, -0.1) is 0 Å². The van der Waals surface area contributed by atoms with Gasteiger partial charge in [-0.05, 0) is 36.2 Å². The predicted octanol–water partition coefficient (Wildman–Crippen LogP) is 4.17. The lowest BCUT2D eigenvalue weighted by Crippen LogP contribution is -2.12. The van der Waals surface area contributed by atoms with E-state index in [1.165, 1.54) is 11.6 Å². The van der Waals surface area contributed by atoms with Gasteiger partial charge in [-0.3, -0.25) is 4.79 Å². The lowest BCUT2D eigenvalue weighted by Gasteiger charge is -2.06. The van der Waals surface area contributed by atoms with E-state index in [9.17, 15) is 4.79 Å². The van der Waals surface area contributed by atoms with Crippen LogP contribution in [0.1, 0.15) is 12.5 Å². The summed E-state index contributed by atoms with van der Waals surface area (Å²) in [5.74, 6) is 0.408. The van der Waals surface area contributed by atoms with E-state index in [0.717, 1.165) is 12.1 Å². The van der Waals surface area contributed by atoms with Crippen molar-refractivity contribution in [3.05, 3.63) is 81.6 Å². The molecule has 134 valence electrons. The van der Waals surface area contributed by atoms with E-state index in [4.69, 9.17) is 16.1 Å². The molecule has 0 aliphatic carbocycles. The Balaban J connectivity index is 1.72. The molecule has 0 fully saturated rings. The van der Waals surface area contributed by atoms with Gasteiger partial charge in [0.2, 0.25) is 11.3 Å². The fourth-order valence-electron chi connectivity index (χ4n) is 2.65. The third kappa shape index (κ3) is 3.52. The van der Waals surface area contributed by atoms with Crippen molar-refractivity contribution in [2.45, 2.75) is 13.3 Å². The number of benzene rings is 2. The minimum Gasteiger partial charge on any atom is -0.332 e. The van der Waals surface area contributed by atoms with Crippen LogP contribution >= 0.6 is 11.6 Å². The van der Waals surface area contributed by atoms with Crippen LogP contribution in [-0.4, -0.2) is 19.9 Å². The Morgan fingerprint density at radius 2 is 1.93 bits per heavy atom. The fourth-order valence-corrected chi connectivity index (χ4v) is 2.84. The van der Waals surface area contributed by atoms with E-state index in [-0.39, 0.29) is 17.0 Å². The van der Waals surface area contributed by atoms with Gasteiger partial charge in [0.25, 0.3) is 5.89 Å². The first kappa shape index (κ1) is 17.2. The van der Waals surface area contributed by atoms with Crippen LogP contribution < -0.4 is 5.43 Å². The van der Waals surface area contributed by atoms with Gasteiger partial charge in [0.1, 0.15) is 0 Å². The van der Waals surface area contributed by atoms with Crippen LogP contribution in [0.4, 0.5) is 0 Å². The normalized spacial score (nSPS) is 10.9. The Bertz CT molecular complexity index is 1150. The number of hydrogen-bond donors (Lipinski definition) is 0. The lowest BCUT2D eigenvalue weighted by molar-refractivity contribution is 0.429. The average Bonchev–Trinajstić information content (AvgIpc) is 3.18. The second kappa shape index (κ2) is 7.17. The second-order valence-corrected chi connectivity index (χ2v) is 6.36. The first-order valence-electron chi connectivity index (χ1n) is 8.43. The molecule has 2 heterocycles. The Morgan fingerprint density at radius 1 is 1.11 bits per heavy atom. The van der Waals surface area contributed by atoms with Crippen LogP contribution in [0.3, 0.4) is 0 Å². The maximum atomic E-state index is 12.3. The number of nitrogens with zero attached hydrogens (tertiary/aromatic N) is 4. The fraction of sp³-hybridized carbons (Fsp3) is 0.100. The van der Waals surface area contributed by atoms with Crippen molar-refractivity contribution < 1.29 is 4.52 Å². The van der Waals surface area contributed by atoms with Crippen LogP contribution in [-0.2, 0) is 6.42 Å². The Kier molecular flexibility index (Phi) is 4.56. The quantitative estimate of drug-likeness (QED) is 0.533. The van der Waals surface area contributed by atoms with Crippen molar-refractivity contribution in [1.82, 2.24) is 19.9 Å². The SMILES string of the molecule is CCc1ccc(-n2ccc(=O)c(-c3nc(-c4cccc(Cl)c4)no3)n2)cc1. The standard InChI is InChI=1S/C20H15ClN4O2/c1-2-13-6-8-16(9-7-13)25-11-10-17(26)18(23-25)20-22-19(24-27-20)14-4-3-5-15(21)12-14/h3-12H,2H2,1H3. The molecule has 4 rings (SSSR count). The zero-order valence-electron chi connectivity index (χ0n) is 14.5. The molecule has 0 saturated heterocycles. The number of aromatic nitrogens is 4. The third-order valence-electron chi connectivity index (χ3n) is 4.13. The number of aryl methyl sites for hydroxylation is 1. The Morgan fingerprint density at radius 3 is 2.67 bits per heavy atom. The highest BCUT2D eigenvalue weighted by molar-refractivity contribution is 6.30. The summed E-state index contributed by atoms with van der Waals surface area (Å²) in [5, 5.41) is 8.88. The van der Waals surface area contributed by atoms with Crippen molar-refractivity contribution in [2.24, 2.45) is 0 Å². The Hall–Kier alpha value is -3.25. The van der Waals surface area contributed by atoms with Crippen LogP contribution in [0, 0.1) is 0 Å². The van der Waals surface area contributed by atoms with Crippen molar-refractivity contribution in [3.63, 3.8) is 0 Å². The minimum atomic E-state index is -0.294. The summed E-state index contributed by atoms with van der Waals surface area (Å²) in [4.78, 5) is 16.6. The predicted molar refractivity (Wildman–Crippen MR) is 103 cm³/mol. The van der Waals surface area contributed by atoms with Crippen LogP contribution in [0.25, 0.3) is 28.7 Å². The highest BCUT2D eigenvalue weighted by Gasteiger charge is 2.16. The summed E-state index contributed by atoms with van der Waals surface area (Å²) in [6.07, 6.45) is 2.57. The average molecular weight is 379 g/mol. The molecule has 0 N–H and O–H groups in total. The smallest absolute Gasteiger partial charge is 0.282 e. The molecule has 2 aromatic heterocycles. The molecule has 4 aromatic rings. The van der Waals surface area contributed by atoms with Crippen molar-refractivity contribution in [2.75, 3.05) is 0 Å². The van der Waals surface area contributed by atoms with E-state index < -0.39 is 0 Å². The molecule has 27 heavy (non-hydrogen) atoms. The molecule has 2 aromatic carbocycles. The lowest BCUT2D eigenvalue weighted by atomic mass is 10.1. The van der Waals surface area contributed by atoms with Gasteiger partial charge >= 0.3 is 0 Å². The van der Waals surface area contributed by atoms with Gasteiger partial charge in [-0.1, -0.05) is 47.9 Å². The maximum Gasteiger partial charge on any atom is 0.282 e. The third-order valence-corrected chi connectivity index (χ3v) is 4.36. The summed E-state index contributed by atoms with van der Waals surface area (Å²) in [6.45, 7) is 2.10. The molecule has 0 atom stereocenters. The summed E-state index contributed by atoms with van der Waals surface area (Å²) in [7, 11) is 0. The van der Waals surface area contributed by atoms with Gasteiger partial charge in [-0.25, -0.2) is 4.68 Å². The van der Waals surface area contributed by atoms with Gasteiger partial charge in [0.05, 0.1) is 5.69 Å². The number of halogens is 1. The highest BCUT2D eigenvalue weighted by atomic mass is 35.5. The first-order chi connectivity index (χ1) is 13.1. The van der Waals surface area contributed by atoms with Crippen molar-refractivity contribution >= 4 is 11.6 Å². The molecule has 0 radical (unpaired) electrons. The van der Waals surface area contributed by atoms with E-state index >= 15 is 0 Å². The summed E-state index contributed by atoms with van der Waals surface area (Å²) in [6, 6.07) is 16.5. The van der Waals surface area contributed by atoms with Crippen molar-refractivity contribution in [1.29, 1.82) is 0 Å². The monoisotopic (exact) mass is 378 g/mol. The topological polar surface area (TPSA) is 73.8 Å². The van der Waals surface area contributed by atoms with Gasteiger partial charge in [0, 0.05) is 22.8 Å². The van der Waals surface area contributed by atoms with Gasteiger partial charge in [-0.2, -0.15) is 10.1 Å². The number of rotatable bonds is 4.